The lowest BCUT2D eigenvalue weighted by Crippen LogP contribution is -2.46. The zero-order valence-electron chi connectivity index (χ0n) is 15.7. The van der Waals surface area contributed by atoms with E-state index in [4.69, 9.17) is 0 Å². The zero-order valence-corrected chi connectivity index (χ0v) is 15.7. The van der Waals surface area contributed by atoms with Gasteiger partial charge in [-0.25, -0.2) is 4.79 Å². The van der Waals surface area contributed by atoms with Crippen LogP contribution in [0.4, 0.5) is 16.2 Å². The van der Waals surface area contributed by atoms with Crippen LogP contribution in [0.1, 0.15) is 18.5 Å². The molecule has 28 heavy (non-hydrogen) atoms. The van der Waals surface area contributed by atoms with Crippen molar-refractivity contribution in [2.75, 3.05) is 23.7 Å². The van der Waals surface area contributed by atoms with Crippen LogP contribution in [0.3, 0.4) is 0 Å². The van der Waals surface area contributed by atoms with Gasteiger partial charge in [0.15, 0.2) is 0 Å². The molecule has 0 unspecified atom stereocenters. The molecule has 4 rings (SSSR count). The van der Waals surface area contributed by atoms with Gasteiger partial charge in [0.2, 0.25) is 0 Å². The van der Waals surface area contributed by atoms with E-state index in [9.17, 15) is 4.79 Å². The lowest BCUT2D eigenvalue weighted by Gasteiger charge is -2.33. The van der Waals surface area contributed by atoms with Gasteiger partial charge in [-0.15, -0.1) is 0 Å². The summed E-state index contributed by atoms with van der Waals surface area (Å²) in [6, 6.07) is 16.1. The SMILES string of the molecule is O=C(Nc1cnn(Cc2ccccn2)c1)N1CCC[C@@H](Nc2ccccc2)C1. The number of nitrogens with one attached hydrogen (secondary N) is 2. The summed E-state index contributed by atoms with van der Waals surface area (Å²) in [5, 5.41) is 10.8. The van der Waals surface area contributed by atoms with Crippen molar-refractivity contribution in [1.82, 2.24) is 19.7 Å². The Morgan fingerprint density at radius 1 is 1.11 bits per heavy atom. The third kappa shape index (κ3) is 4.68. The predicted octanol–water partition coefficient (Wildman–Crippen LogP) is 3.43. The smallest absolute Gasteiger partial charge is 0.322 e. The van der Waals surface area contributed by atoms with E-state index in [0.717, 1.165) is 30.8 Å². The average molecular weight is 376 g/mol. The van der Waals surface area contributed by atoms with Crippen molar-refractivity contribution in [2.45, 2.75) is 25.4 Å². The van der Waals surface area contributed by atoms with Crippen LogP contribution < -0.4 is 10.6 Å². The molecule has 7 nitrogen and oxygen atoms in total. The van der Waals surface area contributed by atoms with Crippen molar-refractivity contribution in [3.63, 3.8) is 0 Å². The highest BCUT2D eigenvalue weighted by atomic mass is 16.2. The molecule has 1 aromatic carbocycles. The predicted molar refractivity (Wildman–Crippen MR) is 109 cm³/mol. The highest BCUT2D eigenvalue weighted by Crippen LogP contribution is 2.17. The van der Waals surface area contributed by atoms with E-state index in [1.54, 1.807) is 17.1 Å². The fraction of sp³-hybridized carbons (Fsp3) is 0.286. The number of likely N-dealkylation sites (tertiary alicyclic amines) is 1. The lowest BCUT2D eigenvalue weighted by molar-refractivity contribution is 0.196. The minimum absolute atomic E-state index is 0.0862. The van der Waals surface area contributed by atoms with Gasteiger partial charge in [-0.1, -0.05) is 24.3 Å². The Labute approximate surface area is 164 Å². The molecule has 0 aliphatic carbocycles. The number of hydrogen-bond acceptors (Lipinski definition) is 4. The molecule has 1 saturated heterocycles. The Morgan fingerprint density at radius 2 is 1.96 bits per heavy atom. The number of hydrogen-bond donors (Lipinski definition) is 2. The summed E-state index contributed by atoms with van der Waals surface area (Å²) >= 11 is 0. The quantitative estimate of drug-likeness (QED) is 0.715. The summed E-state index contributed by atoms with van der Waals surface area (Å²) in [5.41, 5.74) is 2.71. The number of aromatic nitrogens is 3. The first-order valence-electron chi connectivity index (χ1n) is 9.56. The first-order chi connectivity index (χ1) is 13.8. The monoisotopic (exact) mass is 376 g/mol. The van der Waals surface area contributed by atoms with Crippen LogP contribution in [0.5, 0.6) is 0 Å². The number of amides is 2. The van der Waals surface area contributed by atoms with Gasteiger partial charge in [-0.05, 0) is 37.1 Å². The van der Waals surface area contributed by atoms with E-state index in [1.165, 1.54) is 0 Å². The minimum atomic E-state index is -0.0862. The van der Waals surface area contributed by atoms with Crippen LogP contribution >= 0.6 is 0 Å². The molecule has 144 valence electrons. The number of carbonyl (C=O) groups excluding carboxylic acids is 1. The van der Waals surface area contributed by atoms with E-state index >= 15 is 0 Å². The van der Waals surface area contributed by atoms with Gasteiger partial charge in [-0.2, -0.15) is 5.10 Å². The molecule has 0 radical (unpaired) electrons. The maximum absolute atomic E-state index is 12.7. The standard InChI is InChI=1S/C21H24N6O/c28-21(25-20-13-23-27(16-20)15-18-9-4-5-11-22-18)26-12-6-10-19(14-26)24-17-7-2-1-3-8-17/h1-5,7-9,11,13,16,19,24H,6,10,12,14-15H2,(H,25,28)/t19-/m1/s1. The molecule has 2 aromatic heterocycles. The fourth-order valence-corrected chi connectivity index (χ4v) is 3.42. The summed E-state index contributed by atoms with van der Waals surface area (Å²) in [6.45, 7) is 2.02. The maximum atomic E-state index is 12.7. The summed E-state index contributed by atoms with van der Waals surface area (Å²) < 4.78 is 1.77. The van der Waals surface area contributed by atoms with Crippen LogP contribution in [-0.2, 0) is 6.54 Å². The van der Waals surface area contributed by atoms with Crippen molar-refractivity contribution >= 4 is 17.4 Å². The average Bonchev–Trinajstić information content (AvgIpc) is 3.16. The molecular formula is C21H24N6O. The summed E-state index contributed by atoms with van der Waals surface area (Å²) in [6.07, 6.45) is 7.30. The second-order valence-corrected chi connectivity index (χ2v) is 6.97. The molecule has 1 aliphatic heterocycles. The van der Waals surface area contributed by atoms with Crippen LogP contribution in [-0.4, -0.2) is 44.8 Å². The summed E-state index contributed by atoms with van der Waals surface area (Å²) in [5.74, 6) is 0. The molecule has 7 heteroatoms. The Kier molecular flexibility index (Phi) is 5.51. The van der Waals surface area contributed by atoms with Crippen LogP contribution in [0.25, 0.3) is 0 Å². The molecule has 0 spiro atoms. The molecule has 3 aromatic rings. The van der Waals surface area contributed by atoms with E-state index in [-0.39, 0.29) is 12.1 Å². The summed E-state index contributed by atoms with van der Waals surface area (Å²) in [7, 11) is 0. The van der Waals surface area contributed by atoms with Crippen LogP contribution in [0, 0.1) is 0 Å². The van der Waals surface area contributed by atoms with Crippen molar-refractivity contribution in [3.8, 4) is 0 Å². The van der Waals surface area contributed by atoms with Gasteiger partial charge in [0, 0.05) is 37.2 Å². The number of anilines is 2. The zero-order chi connectivity index (χ0) is 19.2. The molecular weight excluding hydrogens is 352 g/mol. The fourth-order valence-electron chi connectivity index (χ4n) is 3.42. The molecule has 1 fully saturated rings. The lowest BCUT2D eigenvalue weighted by atomic mass is 10.1. The molecule has 2 amide bonds. The Morgan fingerprint density at radius 3 is 2.79 bits per heavy atom. The first kappa shape index (κ1) is 18.0. The Hall–Kier alpha value is -3.35. The van der Waals surface area contributed by atoms with Gasteiger partial charge in [-0.3, -0.25) is 9.67 Å². The number of benzene rings is 1. The number of nitrogens with zero attached hydrogens (tertiary/aromatic N) is 4. The second kappa shape index (κ2) is 8.56. The number of pyridine rings is 1. The van der Waals surface area contributed by atoms with Gasteiger partial charge in [0.05, 0.1) is 24.1 Å². The Balaban J connectivity index is 1.32. The topological polar surface area (TPSA) is 75.1 Å². The van der Waals surface area contributed by atoms with Crippen molar-refractivity contribution in [2.24, 2.45) is 0 Å². The molecule has 2 N–H and O–H groups in total. The van der Waals surface area contributed by atoms with Gasteiger partial charge in [0.1, 0.15) is 0 Å². The largest absolute Gasteiger partial charge is 0.381 e. The van der Waals surface area contributed by atoms with E-state index < -0.39 is 0 Å². The number of rotatable bonds is 5. The van der Waals surface area contributed by atoms with Gasteiger partial charge < -0.3 is 15.5 Å². The molecule has 1 atom stereocenters. The van der Waals surface area contributed by atoms with Gasteiger partial charge in [0.25, 0.3) is 0 Å². The molecule has 3 heterocycles. The summed E-state index contributed by atoms with van der Waals surface area (Å²) in [4.78, 5) is 18.8. The number of urea groups is 1. The van der Waals surface area contributed by atoms with E-state index in [1.807, 2.05) is 47.5 Å². The number of piperidine rings is 1. The van der Waals surface area contributed by atoms with Crippen LogP contribution in [0.2, 0.25) is 0 Å². The second-order valence-electron chi connectivity index (χ2n) is 6.97. The third-order valence-corrected chi connectivity index (χ3v) is 4.79. The van der Waals surface area contributed by atoms with Crippen molar-refractivity contribution in [1.29, 1.82) is 0 Å². The molecule has 0 saturated carbocycles. The van der Waals surface area contributed by atoms with Crippen molar-refractivity contribution < 1.29 is 4.79 Å². The molecule has 0 bridgehead atoms. The first-order valence-corrected chi connectivity index (χ1v) is 9.56. The molecule has 1 aliphatic rings. The van der Waals surface area contributed by atoms with Gasteiger partial charge >= 0.3 is 6.03 Å². The highest BCUT2D eigenvalue weighted by molar-refractivity contribution is 5.89. The third-order valence-electron chi connectivity index (χ3n) is 4.79. The highest BCUT2D eigenvalue weighted by Gasteiger charge is 2.23. The number of para-hydroxylation sites is 1. The van der Waals surface area contributed by atoms with Crippen LogP contribution in [0.15, 0.2) is 67.1 Å². The Bertz CT molecular complexity index is 896. The number of carbonyl (C=O) groups is 1. The maximum Gasteiger partial charge on any atom is 0.322 e. The van der Waals surface area contributed by atoms with E-state index in [2.05, 4.69) is 32.8 Å². The van der Waals surface area contributed by atoms with Crippen molar-refractivity contribution in [3.05, 3.63) is 72.8 Å². The normalized spacial score (nSPS) is 16.6. The van der Waals surface area contributed by atoms with E-state index in [0.29, 0.717) is 18.8 Å². The minimum Gasteiger partial charge on any atom is -0.381 e.